The minimum Gasteiger partial charge on any atom is -0.419 e. The van der Waals surface area contributed by atoms with Gasteiger partial charge in [0.1, 0.15) is 5.69 Å². The Morgan fingerprint density at radius 1 is 1.14 bits per heavy atom. The van der Waals surface area contributed by atoms with E-state index in [0.29, 0.717) is 22.0 Å². The van der Waals surface area contributed by atoms with Crippen molar-refractivity contribution < 1.29 is 13.2 Å². The van der Waals surface area contributed by atoms with Gasteiger partial charge in [-0.25, -0.2) is 4.68 Å². The third kappa shape index (κ3) is 3.08. The molecule has 0 aliphatic heterocycles. The van der Waals surface area contributed by atoms with Gasteiger partial charge in [-0.15, -0.1) is 10.2 Å². The third-order valence-corrected chi connectivity index (χ3v) is 3.01. The lowest BCUT2D eigenvalue weighted by Gasteiger charge is -1.96. The zero-order valence-electron chi connectivity index (χ0n) is 10.6. The van der Waals surface area contributed by atoms with Gasteiger partial charge in [-0.05, 0) is 23.8 Å². The molecule has 2 heterocycles. The van der Waals surface area contributed by atoms with Crippen LogP contribution in [0.25, 0.3) is 11.6 Å². The quantitative estimate of drug-likeness (QED) is 0.739. The molecule has 1 aromatic carbocycles. The molecule has 0 radical (unpaired) electrons. The molecule has 8 heteroatoms. The molecule has 0 amide bonds. The van der Waals surface area contributed by atoms with Crippen molar-refractivity contribution in [3.8, 4) is 11.6 Å². The van der Waals surface area contributed by atoms with Crippen molar-refractivity contribution in [2.75, 3.05) is 0 Å². The average molecular weight is 311 g/mol. The SMILES string of the molecule is FC(F)n1ccc(-c2nnc(Cc3ccc(Cl)cc3)o2)n1. The fraction of sp³-hybridized carbons (Fsp3) is 0.154. The molecule has 0 bridgehead atoms. The maximum atomic E-state index is 12.4. The minimum atomic E-state index is -2.70. The summed E-state index contributed by atoms with van der Waals surface area (Å²) in [5.41, 5.74) is 1.16. The number of aromatic nitrogens is 4. The molecule has 0 fully saturated rings. The van der Waals surface area contributed by atoms with Crippen LogP contribution in [0.4, 0.5) is 8.78 Å². The van der Waals surface area contributed by atoms with E-state index in [1.54, 1.807) is 12.1 Å². The molecule has 0 unspecified atom stereocenters. The molecule has 21 heavy (non-hydrogen) atoms. The largest absolute Gasteiger partial charge is 0.419 e. The summed E-state index contributed by atoms with van der Waals surface area (Å²) in [6, 6.07) is 8.61. The first-order valence-corrected chi connectivity index (χ1v) is 6.40. The van der Waals surface area contributed by atoms with Crippen LogP contribution in [0, 0.1) is 0 Å². The van der Waals surface area contributed by atoms with Gasteiger partial charge in [0.2, 0.25) is 5.89 Å². The van der Waals surface area contributed by atoms with E-state index in [1.165, 1.54) is 6.07 Å². The van der Waals surface area contributed by atoms with Gasteiger partial charge in [0, 0.05) is 11.2 Å². The maximum absolute atomic E-state index is 12.4. The van der Waals surface area contributed by atoms with Crippen molar-refractivity contribution in [2.24, 2.45) is 0 Å². The molecule has 3 rings (SSSR count). The van der Waals surface area contributed by atoms with Gasteiger partial charge >= 0.3 is 6.55 Å². The van der Waals surface area contributed by atoms with Crippen LogP contribution >= 0.6 is 11.6 Å². The fourth-order valence-corrected chi connectivity index (χ4v) is 1.89. The van der Waals surface area contributed by atoms with Crippen LogP contribution in [0.15, 0.2) is 40.9 Å². The lowest BCUT2D eigenvalue weighted by molar-refractivity contribution is 0.0568. The van der Waals surface area contributed by atoms with Gasteiger partial charge in [-0.3, -0.25) is 0 Å². The normalized spacial score (nSPS) is 11.2. The fourth-order valence-electron chi connectivity index (χ4n) is 1.77. The molecule has 3 aromatic rings. The number of hydrogen-bond donors (Lipinski definition) is 0. The molecule has 0 saturated carbocycles. The van der Waals surface area contributed by atoms with Crippen LogP contribution in [-0.4, -0.2) is 20.0 Å². The maximum Gasteiger partial charge on any atom is 0.333 e. The van der Waals surface area contributed by atoms with Crippen LogP contribution < -0.4 is 0 Å². The van der Waals surface area contributed by atoms with Crippen molar-refractivity contribution in [3.05, 3.63) is 53.0 Å². The number of benzene rings is 1. The van der Waals surface area contributed by atoms with Crippen LogP contribution in [0.1, 0.15) is 18.0 Å². The molecule has 0 aliphatic carbocycles. The summed E-state index contributed by atoms with van der Waals surface area (Å²) in [7, 11) is 0. The van der Waals surface area contributed by atoms with Gasteiger partial charge < -0.3 is 4.42 Å². The predicted molar refractivity (Wildman–Crippen MR) is 71.0 cm³/mol. The highest BCUT2D eigenvalue weighted by molar-refractivity contribution is 6.30. The Morgan fingerprint density at radius 3 is 2.57 bits per heavy atom. The van der Waals surface area contributed by atoms with Crippen molar-refractivity contribution in [1.82, 2.24) is 20.0 Å². The molecular formula is C13H9ClF2N4O. The molecular weight excluding hydrogens is 302 g/mol. The summed E-state index contributed by atoms with van der Waals surface area (Å²) >= 11 is 5.80. The number of hydrogen-bond acceptors (Lipinski definition) is 4. The van der Waals surface area contributed by atoms with E-state index >= 15 is 0 Å². The molecule has 108 valence electrons. The Hall–Kier alpha value is -2.28. The second-order valence-electron chi connectivity index (χ2n) is 4.26. The van der Waals surface area contributed by atoms with Crippen LogP contribution in [0.5, 0.6) is 0 Å². The lowest BCUT2D eigenvalue weighted by atomic mass is 10.1. The number of halogens is 3. The Labute approximate surface area is 123 Å². The average Bonchev–Trinajstić information content (AvgIpc) is 3.10. The first-order chi connectivity index (χ1) is 10.1. The summed E-state index contributed by atoms with van der Waals surface area (Å²) in [5, 5.41) is 12.0. The van der Waals surface area contributed by atoms with Crippen LogP contribution in [0.2, 0.25) is 5.02 Å². The number of alkyl halides is 2. The Bertz CT molecular complexity index is 739. The standard InChI is InChI=1S/C13H9ClF2N4O/c14-9-3-1-8(2-4-9)7-11-17-18-12(21-11)10-5-6-20(19-10)13(15)16/h1-6,13H,7H2. The summed E-state index contributed by atoms with van der Waals surface area (Å²) in [6.07, 6.45) is 1.59. The summed E-state index contributed by atoms with van der Waals surface area (Å²) in [5.74, 6) is 0.484. The van der Waals surface area contributed by atoms with E-state index in [2.05, 4.69) is 15.3 Å². The molecule has 0 aliphatic rings. The summed E-state index contributed by atoms with van der Waals surface area (Å²) in [4.78, 5) is 0. The van der Waals surface area contributed by atoms with Crippen molar-refractivity contribution in [2.45, 2.75) is 13.0 Å². The highest BCUT2D eigenvalue weighted by atomic mass is 35.5. The monoisotopic (exact) mass is 310 g/mol. The Balaban J connectivity index is 1.77. The van der Waals surface area contributed by atoms with E-state index in [9.17, 15) is 8.78 Å². The molecule has 0 N–H and O–H groups in total. The summed E-state index contributed by atoms with van der Waals surface area (Å²) < 4.78 is 30.8. The van der Waals surface area contributed by atoms with Crippen molar-refractivity contribution in [3.63, 3.8) is 0 Å². The van der Waals surface area contributed by atoms with Gasteiger partial charge in [0.05, 0.1) is 6.42 Å². The van der Waals surface area contributed by atoms with Crippen LogP contribution in [0.3, 0.4) is 0 Å². The smallest absolute Gasteiger partial charge is 0.333 e. The zero-order chi connectivity index (χ0) is 14.8. The van der Waals surface area contributed by atoms with Gasteiger partial charge in [0.15, 0.2) is 0 Å². The number of rotatable bonds is 4. The highest BCUT2D eigenvalue weighted by Crippen LogP contribution is 2.19. The first-order valence-electron chi connectivity index (χ1n) is 6.02. The van der Waals surface area contributed by atoms with Crippen molar-refractivity contribution in [1.29, 1.82) is 0 Å². The van der Waals surface area contributed by atoms with Gasteiger partial charge in [0.25, 0.3) is 5.89 Å². The van der Waals surface area contributed by atoms with E-state index in [1.807, 2.05) is 12.1 Å². The third-order valence-electron chi connectivity index (χ3n) is 2.76. The molecule has 0 spiro atoms. The Morgan fingerprint density at radius 2 is 1.90 bits per heavy atom. The summed E-state index contributed by atoms with van der Waals surface area (Å²) in [6.45, 7) is -2.70. The van der Waals surface area contributed by atoms with E-state index < -0.39 is 6.55 Å². The molecule has 0 atom stereocenters. The zero-order valence-corrected chi connectivity index (χ0v) is 11.3. The second-order valence-corrected chi connectivity index (χ2v) is 4.70. The second kappa shape index (κ2) is 5.61. The van der Waals surface area contributed by atoms with E-state index in [-0.39, 0.29) is 11.6 Å². The lowest BCUT2D eigenvalue weighted by Crippen LogP contribution is -1.98. The van der Waals surface area contributed by atoms with Crippen LogP contribution in [-0.2, 0) is 6.42 Å². The first kappa shape index (κ1) is 13.7. The molecule has 0 saturated heterocycles. The van der Waals surface area contributed by atoms with E-state index in [0.717, 1.165) is 11.8 Å². The number of nitrogens with zero attached hydrogens (tertiary/aromatic N) is 4. The minimum absolute atomic E-state index is 0.110. The highest BCUT2D eigenvalue weighted by Gasteiger charge is 2.14. The van der Waals surface area contributed by atoms with Crippen molar-refractivity contribution >= 4 is 11.6 Å². The Kier molecular flexibility index (Phi) is 3.66. The molecule has 5 nitrogen and oxygen atoms in total. The topological polar surface area (TPSA) is 56.7 Å². The van der Waals surface area contributed by atoms with E-state index in [4.69, 9.17) is 16.0 Å². The van der Waals surface area contributed by atoms with Gasteiger partial charge in [-0.1, -0.05) is 23.7 Å². The molecule has 2 aromatic heterocycles. The predicted octanol–water partition coefficient (Wildman–Crippen LogP) is 3.57. The van der Waals surface area contributed by atoms with Gasteiger partial charge in [-0.2, -0.15) is 13.9 Å².